The standard InChI is InChI=1S/C24H31FN2O3/c1-3-30-24(29)20-12-10-19(11-13-20)17(2)26-23(28)22-9-4-5-14-27(22)16-18-7-6-8-21(25)15-18/h6-8,10,12,15,17,22H,3-5,9,11,13-14,16H2,1-2H3,(H,26,28)/t17-,22+/m0/s1. The molecule has 1 saturated heterocycles. The quantitative estimate of drug-likeness (QED) is 0.688. The van der Waals surface area contributed by atoms with Crippen LogP contribution in [-0.4, -0.2) is 42.0 Å². The fraction of sp³-hybridized carbons (Fsp3) is 0.500. The first-order valence-electron chi connectivity index (χ1n) is 10.8. The number of benzene rings is 1. The molecule has 1 heterocycles. The Labute approximate surface area is 178 Å². The van der Waals surface area contributed by atoms with Crippen LogP contribution in [0.1, 0.15) is 51.5 Å². The first kappa shape index (κ1) is 22.2. The summed E-state index contributed by atoms with van der Waals surface area (Å²) >= 11 is 0. The van der Waals surface area contributed by atoms with Gasteiger partial charge < -0.3 is 10.1 Å². The Morgan fingerprint density at radius 3 is 2.80 bits per heavy atom. The van der Waals surface area contributed by atoms with E-state index >= 15 is 0 Å². The lowest BCUT2D eigenvalue weighted by Gasteiger charge is -2.35. The third kappa shape index (κ3) is 5.79. The number of nitrogens with zero attached hydrogens (tertiary/aromatic N) is 1. The third-order valence-electron chi connectivity index (χ3n) is 5.83. The molecular weight excluding hydrogens is 383 g/mol. The summed E-state index contributed by atoms with van der Waals surface area (Å²) < 4.78 is 18.6. The summed E-state index contributed by atoms with van der Waals surface area (Å²) in [7, 11) is 0. The smallest absolute Gasteiger partial charge is 0.333 e. The molecule has 30 heavy (non-hydrogen) atoms. The van der Waals surface area contributed by atoms with Gasteiger partial charge in [0.2, 0.25) is 5.91 Å². The van der Waals surface area contributed by atoms with E-state index in [0.717, 1.165) is 43.4 Å². The number of carbonyl (C=O) groups is 2. The highest BCUT2D eigenvalue weighted by Gasteiger charge is 2.30. The Hall–Kier alpha value is -2.47. The van der Waals surface area contributed by atoms with E-state index in [1.165, 1.54) is 12.1 Å². The zero-order chi connectivity index (χ0) is 21.5. The second-order valence-corrected chi connectivity index (χ2v) is 8.00. The van der Waals surface area contributed by atoms with Gasteiger partial charge in [-0.15, -0.1) is 0 Å². The average Bonchev–Trinajstić information content (AvgIpc) is 2.74. The predicted octanol–water partition coefficient (Wildman–Crippen LogP) is 3.89. The van der Waals surface area contributed by atoms with Crippen molar-refractivity contribution in [2.45, 2.75) is 64.6 Å². The number of halogens is 1. The van der Waals surface area contributed by atoms with Crippen molar-refractivity contribution in [1.82, 2.24) is 10.2 Å². The van der Waals surface area contributed by atoms with E-state index < -0.39 is 0 Å². The van der Waals surface area contributed by atoms with Crippen molar-refractivity contribution in [2.24, 2.45) is 0 Å². The number of rotatable bonds is 7. The lowest BCUT2D eigenvalue weighted by Crippen LogP contribution is -2.51. The van der Waals surface area contributed by atoms with Gasteiger partial charge in [0.1, 0.15) is 5.82 Å². The zero-order valence-corrected chi connectivity index (χ0v) is 17.8. The molecule has 1 aliphatic carbocycles. The van der Waals surface area contributed by atoms with Crippen LogP contribution in [0, 0.1) is 5.82 Å². The first-order chi connectivity index (χ1) is 14.5. The van der Waals surface area contributed by atoms with Crippen molar-refractivity contribution >= 4 is 11.9 Å². The fourth-order valence-corrected chi connectivity index (χ4v) is 4.16. The number of carbonyl (C=O) groups excluding carboxylic acids is 2. The summed E-state index contributed by atoms with van der Waals surface area (Å²) in [5, 5.41) is 3.15. The second kappa shape index (κ2) is 10.5. The van der Waals surface area contributed by atoms with Gasteiger partial charge in [-0.2, -0.15) is 0 Å². The highest BCUT2D eigenvalue weighted by Crippen LogP contribution is 2.24. The number of hydrogen-bond acceptors (Lipinski definition) is 4. The minimum Gasteiger partial charge on any atom is -0.463 e. The highest BCUT2D eigenvalue weighted by atomic mass is 19.1. The molecule has 1 N–H and O–H groups in total. The van der Waals surface area contributed by atoms with Crippen molar-refractivity contribution < 1.29 is 18.7 Å². The topological polar surface area (TPSA) is 58.6 Å². The molecule has 0 bridgehead atoms. The maximum atomic E-state index is 13.5. The molecule has 6 heteroatoms. The number of ether oxygens (including phenoxy) is 1. The van der Waals surface area contributed by atoms with Gasteiger partial charge in [0.15, 0.2) is 0 Å². The molecule has 2 atom stereocenters. The number of likely N-dealkylation sites (tertiary alicyclic amines) is 1. The van der Waals surface area contributed by atoms with Gasteiger partial charge >= 0.3 is 5.97 Å². The molecule has 1 amide bonds. The van der Waals surface area contributed by atoms with Crippen LogP contribution in [-0.2, 0) is 20.9 Å². The number of piperidine rings is 1. The Morgan fingerprint density at radius 2 is 2.10 bits per heavy atom. The van der Waals surface area contributed by atoms with Crippen LogP contribution in [0.5, 0.6) is 0 Å². The number of allylic oxidation sites excluding steroid dienone is 2. The molecule has 1 aliphatic heterocycles. The van der Waals surface area contributed by atoms with E-state index in [1.807, 2.05) is 19.1 Å². The number of nitrogens with one attached hydrogen (secondary N) is 1. The van der Waals surface area contributed by atoms with Crippen molar-refractivity contribution in [1.29, 1.82) is 0 Å². The van der Waals surface area contributed by atoms with Gasteiger partial charge in [-0.25, -0.2) is 9.18 Å². The van der Waals surface area contributed by atoms with E-state index in [4.69, 9.17) is 4.74 Å². The molecule has 5 nitrogen and oxygen atoms in total. The van der Waals surface area contributed by atoms with Crippen molar-refractivity contribution in [2.75, 3.05) is 13.2 Å². The lowest BCUT2D eigenvalue weighted by atomic mass is 9.93. The summed E-state index contributed by atoms with van der Waals surface area (Å²) in [5.41, 5.74) is 2.66. The highest BCUT2D eigenvalue weighted by molar-refractivity contribution is 5.89. The minimum atomic E-state index is -0.264. The van der Waals surface area contributed by atoms with Crippen LogP contribution in [0.2, 0.25) is 0 Å². The summed E-state index contributed by atoms with van der Waals surface area (Å²) in [4.78, 5) is 27.0. The molecule has 1 fully saturated rings. The maximum Gasteiger partial charge on any atom is 0.333 e. The Bertz CT molecular complexity index is 833. The van der Waals surface area contributed by atoms with E-state index in [1.54, 1.807) is 19.1 Å². The summed E-state index contributed by atoms with van der Waals surface area (Å²) in [6, 6.07) is 6.27. The van der Waals surface area contributed by atoms with E-state index in [0.29, 0.717) is 25.1 Å². The fourth-order valence-electron chi connectivity index (χ4n) is 4.16. The van der Waals surface area contributed by atoms with Crippen LogP contribution in [0.25, 0.3) is 0 Å². The SMILES string of the molecule is CCOC(=O)C1=CC=C([C@H](C)NC(=O)[C@H]2CCCCN2Cc2cccc(F)c2)CC1. The van der Waals surface area contributed by atoms with Crippen molar-refractivity contribution in [3.63, 3.8) is 0 Å². The average molecular weight is 415 g/mol. The maximum absolute atomic E-state index is 13.5. The van der Waals surface area contributed by atoms with Gasteiger partial charge in [0.05, 0.1) is 12.6 Å². The molecule has 2 aliphatic rings. The third-order valence-corrected chi connectivity index (χ3v) is 5.83. The van der Waals surface area contributed by atoms with Gasteiger partial charge in [0, 0.05) is 18.2 Å². The molecule has 1 aromatic carbocycles. The Morgan fingerprint density at radius 1 is 1.27 bits per heavy atom. The van der Waals surface area contributed by atoms with Crippen LogP contribution in [0.4, 0.5) is 4.39 Å². The predicted molar refractivity (Wildman–Crippen MR) is 114 cm³/mol. The van der Waals surface area contributed by atoms with Gasteiger partial charge in [-0.3, -0.25) is 9.69 Å². The number of esters is 1. The lowest BCUT2D eigenvalue weighted by molar-refractivity contribution is -0.138. The van der Waals surface area contributed by atoms with Gasteiger partial charge in [0.25, 0.3) is 0 Å². The molecule has 1 aromatic rings. The first-order valence-corrected chi connectivity index (χ1v) is 10.8. The van der Waals surface area contributed by atoms with E-state index in [-0.39, 0.29) is 29.8 Å². The molecular formula is C24H31FN2O3. The number of hydrogen-bond donors (Lipinski definition) is 1. The Kier molecular flexibility index (Phi) is 7.80. The molecule has 0 aromatic heterocycles. The molecule has 0 unspecified atom stereocenters. The summed E-state index contributed by atoms with van der Waals surface area (Å²) in [6.07, 6.45) is 7.94. The number of amides is 1. The van der Waals surface area contributed by atoms with Crippen molar-refractivity contribution in [3.8, 4) is 0 Å². The van der Waals surface area contributed by atoms with Crippen molar-refractivity contribution in [3.05, 3.63) is 58.9 Å². The molecule has 0 spiro atoms. The van der Waals surface area contributed by atoms with Crippen LogP contribution >= 0.6 is 0 Å². The van der Waals surface area contributed by atoms with Crippen LogP contribution in [0.15, 0.2) is 47.6 Å². The molecule has 3 rings (SSSR count). The van der Waals surface area contributed by atoms with E-state index in [2.05, 4.69) is 10.2 Å². The zero-order valence-electron chi connectivity index (χ0n) is 17.8. The minimum absolute atomic E-state index is 0.0136. The van der Waals surface area contributed by atoms with E-state index in [9.17, 15) is 14.0 Å². The Balaban J connectivity index is 1.61. The molecule has 162 valence electrons. The van der Waals surface area contributed by atoms with Crippen LogP contribution in [0.3, 0.4) is 0 Å². The molecule has 0 radical (unpaired) electrons. The largest absolute Gasteiger partial charge is 0.463 e. The monoisotopic (exact) mass is 414 g/mol. The van der Waals surface area contributed by atoms with Gasteiger partial charge in [-0.05, 0) is 69.3 Å². The summed E-state index contributed by atoms with van der Waals surface area (Å²) in [6.45, 7) is 5.54. The second-order valence-electron chi connectivity index (χ2n) is 8.00. The van der Waals surface area contributed by atoms with Crippen LogP contribution < -0.4 is 5.32 Å². The normalized spacial score (nSPS) is 20.7. The van der Waals surface area contributed by atoms with Gasteiger partial charge in [-0.1, -0.05) is 30.7 Å². The summed E-state index contributed by atoms with van der Waals surface area (Å²) in [5.74, 6) is -0.502. The molecule has 0 saturated carbocycles.